The van der Waals surface area contributed by atoms with E-state index in [-0.39, 0.29) is 5.91 Å². The van der Waals surface area contributed by atoms with Gasteiger partial charge < -0.3 is 10.6 Å². The molecule has 1 amide bonds. The predicted molar refractivity (Wildman–Crippen MR) is 165 cm³/mol. The van der Waals surface area contributed by atoms with E-state index in [1.165, 1.54) is 5.57 Å². The molecule has 0 atom stereocenters. The summed E-state index contributed by atoms with van der Waals surface area (Å²) in [4.78, 5) is 34.2. The number of nitrogens with one attached hydrogen (secondary N) is 3. The van der Waals surface area contributed by atoms with Crippen molar-refractivity contribution in [3.8, 4) is 11.4 Å². The quantitative estimate of drug-likeness (QED) is 0.217. The molecule has 4 aromatic heterocycles. The molecule has 214 valence electrons. The Morgan fingerprint density at radius 1 is 1.07 bits per heavy atom. The van der Waals surface area contributed by atoms with Crippen molar-refractivity contribution in [1.29, 1.82) is 0 Å². The monoisotopic (exact) mass is 553 g/mol. The van der Waals surface area contributed by atoms with Gasteiger partial charge in [-0.15, -0.1) is 0 Å². The third-order valence-corrected chi connectivity index (χ3v) is 6.06. The van der Waals surface area contributed by atoms with Crippen LogP contribution in [0, 0.1) is 6.92 Å². The first-order chi connectivity index (χ1) is 19.7. The highest BCUT2D eigenvalue weighted by Gasteiger charge is 2.11. The van der Waals surface area contributed by atoms with Gasteiger partial charge >= 0.3 is 0 Å². The molecule has 0 aliphatic carbocycles. The summed E-state index contributed by atoms with van der Waals surface area (Å²) >= 11 is 0. The zero-order valence-electron chi connectivity index (χ0n) is 24.9. The van der Waals surface area contributed by atoms with E-state index < -0.39 is 0 Å². The molecule has 10 nitrogen and oxygen atoms in total. The molecular formula is C31H39N9O. The van der Waals surface area contributed by atoms with Gasteiger partial charge in [0.25, 0.3) is 5.91 Å². The fourth-order valence-corrected chi connectivity index (χ4v) is 3.59. The van der Waals surface area contributed by atoms with E-state index in [4.69, 9.17) is 0 Å². The summed E-state index contributed by atoms with van der Waals surface area (Å²) in [6.07, 6.45) is 8.12. The van der Waals surface area contributed by atoms with Crippen LogP contribution in [-0.2, 0) is 13.0 Å². The Labute approximate surface area is 241 Å². The largest absolute Gasteiger partial charge is 0.347 e. The minimum atomic E-state index is -0.253. The van der Waals surface area contributed by atoms with Crippen LogP contribution in [0.4, 0.5) is 11.6 Å². The number of aryl methyl sites for hydroxylation is 2. The van der Waals surface area contributed by atoms with E-state index in [0.29, 0.717) is 41.2 Å². The van der Waals surface area contributed by atoms with E-state index in [9.17, 15) is 4.79 Å². The molecule has 0 unspecified atom stereocenters. The van der Waals surface area contributed by atoms with Gasteiger partial charge in [0, 0.05) is 67.0 Å². The maximum atomic E-state index is 12.5. The van der Waals surface area contributed by atoms with Crippen LogP contribution in [0.1, 0.15) is 73.7 Å². The third-order valence-electron chi connectivity index (χ3n) is 6.06. The van der Waals surface area contributed by atoms with E-state index in [2.05, 4.69) is 66.5 Å². The number of anilines is 2. The van der Waals surface area contributed by atoms with Crippen molar-refractivity contribution < 1.29 is 4.79 Å². The van der Waals surface area contributed by atoms with Gasteiger partial charge in [0.1, 0.15) is 11.5 Å². The molecule has 3 N–H and O–H groups in total. The van der Waals surface area contributed by atoms with E-state index in [1.54, 1.807) is 31.6 Å². The Balaban J connectivity index is 0.000000587. The van der Waals surface area contributed by atoms with Crippen LogP contribution >= 0.6 is 0 Å². The highest BCUT2D eigenvalue weighted by atomic mass is 16.1. The van der Waals surface area contributed by atoms with Gasteiger partial charge in [0.15, 0.2) is 11.6 Å². The van der Waals surface area contributed by atoms with Gasteiger partial charge in [-0.3, -0.25) is 24.9 Å². The van der Waals surface area contributed by atoms with Crippen molar-refractivity contribution >= 4 is 23.8 Å². The standard InChI is InChI=1S/C25H28N8O.C6H11N/c1-5-19-11-23(33-32-19)30-22-10-16(4)29-24(31-22)18-7-9-21(27-14-18)25(34)28-13-17-6-8-20(15(2)3)26-12-17;1-4-6(2)5-7-3/h6-12,14-15H,5,13H2,1-4H3,(H,28,34)(H2,29,30,31,32,33);4-5H,1-3H3/b;6-4-,7-5?. The molecule has 0 bridgehead atoms. The zero-order chi connectivity index (χ0) is 29.8. The first-order valence-electron chi connectivity index (χ1n) is 13.6. The Bertz CT molecular complexity index is 1470. The molecule has 4 aromatic rings. The number of hydrogen-bond acceptors (Lipinski definition) is 8. The Morgan fingerprint density at radius 2 is 1.88 bits per heavy atom. The lowest BCUT2D eigenvalue weighted by atomic mass is 10.1. The van der Waals surface area contributed by atoms with Gasteiger partial charge in [0.2, 0.25) is 0 Å². The highest BCUT2D eigenvalue weighted by molar-refractivity contribution is 5.92. The maximum absolute atomic E-state index is 12.5. The molecular weight excluding hydrogens is 514 g/mol. The summed E-state index contributed by atoms with van der Waals surface area (Å²) in [7, 11) is 1.77. The average Bonchev–Trinajstić information content (AvgIpc) is 3.43. The van der Waals surface area contributed by atoms with Crippen molar-refractivity contribution in [2.75, 3.05) is 12.4 Å². The predicted octanol–water partition coefficient (Wildman–Crippen LogP) is 5.98. The fraction of sp³-hybridized carbons (Fsp3) is 0.323. The van der Waals surface area contributed by atoms with Gasteiger partial charge in [-0.05, 0) is 62.4 Å². The van der Waals surface area contributed by atoms with E-state index >= 15 is 0 Å². The summed E-state index contributed by atoms with van der Waals surface area (Å²) in [5, 5.41) is 13.3. The molecule has 4 heterocycles. The second kappa shape index (κ2) is 15.2. The van der Waals surface area contributed by atoms with Gasteiger partial charge in [-0.1, -0.05) is 32.9 Å². The Kier molecular flexibility index (Phi) is 11.4. The average molecular weight is 554 g/mol. The first kappa shape index (κ1) is 30.8. The van der Waals surface area contributed by atoms with Crippen molar-refractivity contribution in [2.24, 2.45) is 4.99 Å². The number of rotatable bonds is 9. The maximum Gasteiger partial charge on any atom is 0.270 e. The van der Waals surface area contributed by atoms with Gasteiger partial charge in [-0.2, -0.15) is 5.10 Å². The number of hydrogen-bond donors (Lipinski definition) is 3. The van der Waals surface area contributed by atoms with Gasteiger partial charge in [-0.25, -0.2) is 9.97 Å². The van der Waals surface area contributed by atoms with Crippen LogP contribution < -0.4 is 10.6 Å². The minimum Gasteiger partial charge on any atom is -0.347 e. The zero-order valence-corrected chi connectivity index (χ0v) is 24.9. The molecule has 41 heavy (non-hydrogen) atoms. The normalized spacial score (nSPS) is 11.4. The lowest BCUT2D eigenvalue weighted by Crippen LogP contribution is -2.23. The van der Waals surface area contributed by atoms with E-state index in [0.717, 1.165) is 29.1 Å². The number of aromatic nitrogens is 6. The van der Waals surface area contributed by atoms with Crippen LogP contribution in [0.3, 0.4) is 0 Å². The summed E-state index contributed by atoms with van der Waals surface area (Å²) in [5.41, 5.74) is 6.05. The molecule has 0 aliphatic rings. The SMILES string of the molecule is C/C=C(/C)C=NC.CCc1cc(Nc2cc(C)nc(-c3ccc(C(=O)NCc4ccc(C(C)C)nc4)nc3)n2)n[nH]1. The lowest BCUT2D eigenvalue weighted by Gasteiger charge is -2.08. The highest BCUT2D eigenvalue weighted by Crippen LogP contribution is 2.20. The molecule has 0 aromatic carbocycles. The molecule has 0 aliphatic heterocycles. The topological polar surface area (TPSA) is 134 Å². The van der Waals surface area contributed by atoms with Crippen LogP contribution in [0.5, 0.6) is 0 Å². The molecule has 0 fully saturated rings. The number of allylic oxidation sites excluding steroid dienone is 2. The number of H-pyrrole nitrogens is 1. The van der Waals surface area contributed by atoms with Crippen molar-refractivity contribution in [3.63, 3.8) is 0 Å². The Hall–Kier alpha value is -4.73. The third kappa shape index (κ3) is 9.45. The molecule has 0 saturated heterocycles. The van der Waals surface area contributed by atoms with Crippen LogP contribution in [-0.4, -0.2) is 49.3 Å². The number of nitrogens with zero attached hydrogens (tertiary/aromatic N) is 6. The number of aliphatic imine (C=N–C) groups is 1. The van der Waals surface area contributed by atoms with E-state index in [1.807, 2.05) is 57.3 Å². The van der Waals surface area contributed by atoms with Crippen molar-refractivity contribution in [3.05, 3.63) is 88.8 Å². The number of aromatic amines is 1. The molecule has 0 radical (unpaired) electrons. The summed E-state index contributed by atoms with van der Waals surface area (Å²) in [6, 6.07) is 11.2. The van der Waals surface area contributed by atoms with Crippen LogP contribution in [0.15, 0.2) is 65.4 Å². The number of carbonyl (C=O) groups excluding carboxylic acids is 1. The summed E-state index contributed by atoms with van der Waals surface area (Å²) in [6.45, 7) is 12.6. The smallest absolute Gasteiger partial charge is 0.270 e. The molecule has 0 saturated carbocycles. The first-order valence-corrected chi connectivity index (χ1v) is 13.6. The number of carbonyl (C=O) groups is 1. The number of amides is 1. The molecule has 0 spiro atoms. The van der Waals surface area contributed by atoms with Gasteiger partial charge in [0.05, 0.1) is 0 Å². The fourth-order valence-electron chi connectivity index (χ4n) is 3.59. The molecule has 10 heteroatoms. The Morgan fingerprint density at radius 3 is 2.44 bits per heavy atom. The minimum absolute atomic E-state index is 0.253. The summed E-state index contributed by atoms with van der Waals surface area (Å²) in [5.74, 6) is 1.97. The summed E-state index contributed by atoms with van der Waals surface area (Å²) < 4.78 is 0. The van der Waals surface area contributed by atoms with Crippen molar-refractivity contribution in [1.82, 2.24) is 35.5 Å². The number of pyridine rings is 2. The lowest BCUT2D eigenvalue weighted by molar-refractivity contribution is 0.0946. The van der Waals surface area contributed by atoms with Crippen LogP contribution in [0.2, 0.25) is 0 Å². The molecule has 4 rings (SSSR count). The van der Waals surface area contributed by atoms with Crippen molar-refractivity contribution in [2.45, 2.75) is 60.4 Å². The second-order valence-corrected chi connectivity index (χ2v) is 9.76. The van der Waals surface area contributed by atoms with Crippen LogP contribution in [0.25, 0.3) is 11.4 Å². The second-order valence-electron chi connectivity index (χ2n) is 9.76.